The van der Waals surface area contributed by atoms with Crippen LogP contribution in [0.2, 0.25) is 0 Å². The zero-order valence-corrected chi connectivity index (χ0v) is 8.80. The van der Waals surface area contributed by atoms with Crippen molar-refractivity contribution < 1.29 is 0 Å². The van der Waals surface area contributed by atoms with Gasteiger partial charge >= 0.3 is 0 Å². The van der Waals surface area contributed by atoms with Gasteiger partial charge in [-0.15, -0.1) is 0 Å². The molecule has 0 amide bonds. The summed E-state index contributed by atoms with van der Waals surface area (Å²) in [6.45, 7) is 12.1. The van der Waals surface area contributed by atoms with E-state index >= 15 is 0 Å². The minimum absolute atomic E-state index is 0.591. The normalized spacial score (nSPS) is 13.9. The molecular weight excluding hydrogens is 148 g/mol. The van der Waals surface area contributed by atoms with Crippen molar-refractivity contribution >= 4 is 0 Å². The third kappa shape index (κ3) is 3.88. The van der Waals surface area contributed by atoms with Gasteiger partial charge in [0.25, 0.3) is 0 Å². The molecule has 0 rings (SSSR count). The van der Waals surface area contributed by atoms with Gasteiger partial charge in [0.05, 0.1) is 0 Å². The predicted molar refractivity (Wildman–Crippen MR) is 55.1 cm³/mol. The van der Waals surface area contributed by atoms with Crippen molar-refractivity contribution in [3.8, 4) is 0 Å². The molecule has 0 fully saturated rings. The van der Waals surface area contributed by atoms with Crippen molar-refractivity contribution in [1.29, 1.82) is 0 Å². The fourth-order valence-corrected chi connectivity index (χ4v) is 1.07. The monoisotopic (exact) mass is 170 g/mol. The van der Waals surface area contributed by atoms with Crippen molar-refractivity contribution in [2.75, 3.05) is 20.1 Å². The van der Waals surface area contributed by atoms with Gasteiger partial charge in [-0.25, -0.2) is 0 Å². The first kappa shape index (κ1) is 11.7. The zero-order valence-electron chi connectivity index (χ0n) is 8.80. The van der Waals surface area contributed by atoms with Crippen molar-refractivity contribution in [2.24, 2.45) is 11.7 Å². The quantitative estimate of drug-likeness (QED) is 0.633. The fraction of sp³-hybridized carbons (Fsp3) is 0.800. The van der Waals surface area contributed by atoms with E-state index in [-0.39, 0.29) is 0 Å². The van der Waals surface area contributed by atoms with Gasteiger partial charge in [-0.3, -0.25) is 4.90 Å². The summed E-state index contributed by atoms with van der Waals surface area (Å²) in [7, 11) is 2.12. The van der Waals surface area contributed by atoms with Crippen LogP contribution in [-0.4, -0.2) is 31.1 Å². The highest BCUT2D eigenvalue weighted by Crippen LogP contribution is 2.08. The molecule has 0 saturated heterocycles. The molecular formula is C10H22N2. The van der Waals surface area contributed by atoms with Crippen molar-refractivity contribution in [2.45, 2.75) is 26.8 Å². The van der Waals surface area contributed by atoms with E-state index in [0.717, 1.165) is 12.1 Å². The SMILES string of the molecule is C=C(CN)CN(C)C(C)C(C)C. The molecule has 0 aliphatic heterocycles. The van der Waals surface area contributed by atoms with Crippen molar-refractivity contribution in [3.63, 3.8) is 0 Å². The molecule has 0 spiro atoms. The molecule has 0 bridgehead atoms. The lowest BCUT2D eigenvalue weighted by Crippen LogP contribution is -2.35. The summed E-state index contributed by atoms with van der Waals surface area (Å²) in [4.78, 5) is 2.29. The third-order valence-corrected chi connectivity index (χ3v) is 2.42. The van der Waals surface area contributed by atoms with Crippen LogP contribution in [0.4, 0.5) is 0 Å². The first-order valence-corrected chi connectivity index (χ1v) is 4.56. The van der Waals surface area contributed by atoms with Crippen LogP contribution in [0.5, 0.6) is 0 Å². The van der Waals surface area contributed by atoms with Gasteiger partial charge in [-0.2, -0.15) is 0 Å². The highest BCUT2D eigenvalue weighted by molar-refractivity contribution is 4.98. The van der Waals surface area contributed by atoms with E-state index < -0.39 is 0 Å². The Morgan fingerprint density at radius 3 is 2.25 bits per heavy atom. The predicted octanol–water partition coefficient (Wildman–Crippen LogP) is 1.48. The van der Waals surface area contributed by atoms with Gasteiger partial charge in [0.15, 0.2) is 0 Å². The van der Waals surface area contributed by atoms with E-state index in [4.69, 9.17) is 5.73 Å². The summed E-state index contributed by atoms with van der Waals surface area (Å²) >= 11 is 0. The topological polar surface area (TPSA) is 29.3 Å². The average Bonchev–Trinajstić information content (AvgIpc) is 2.02. The number of nitrogens with two attached hydrogens (primary N) is 1. The highest BCUT2D eigenvalue weighted by atomic mass is 15.1. The first-order valence-electron chi connectivity index (χ1n) is 4.56. The maximum absolute atomic E-state index is 5.47. The van der Waals surface area contributed by atoms with Gasteiger partial charge in [0.2, 0.25) is 0 Å². The van der Waals surface area contributed by atoms with Crippen LogP contribution in [0.3, 0.4) is 0 Å². The summed E-state index contributed by atoms with van der Waals surface area (Å²) in [6.07, 6.45) is 0. The lowest BCUT2D eigenvalue weighted by molar-refractivity contribution is 0.223. The minimum atomic E-state index is 0.591. The Kier molecular flexibility index (Phi) is 5.18. The summed E-state index contributed by atoms with van der Waals surface area (Å²) in [6, 6.07) is 0.591. The van der Waals surface area contributed by atoms with Crippen molar-refractivity contribution in [1.82, 2.24) is 4.90 Å². The van der Waals surface area contributed by atoms with Crippen molar-refractivity contribution in [3.05, 3.63) is 12.2 Å². The average molecular weight is 170 g/mol. The Balaban J connectivity index is 3.86. The van der Waals surface area contributed by atoms with E-state index in [1.54, 1.807) is 0 Å². The van der Waals surface area contributed by atoms with E-state index in [1.165, 1.54) is 0 Å². The molecule has 0 aromatic carbocycles. The molecule has 0 aromatic heterocycles. The Labute approximate surface area is 76.4 Å². The van der Waals surface area contributed by atoms with E-state index in [9.17, 15) is 0 Å². The van der Waals surface area contributed by atoms with Gasteiger partial charge < -0.3 is 5.73 Å². The maximum Gasteiger partial charge on any atom is 0.0202 e. The summed E-state index contributed by atoms with van der Waals surface area (Å²) < 4.78 is 0. The number of hydrogen-bond donors (Lipinski definition) is 1. The smallest absolute Gasteiger partial charge is 0.0202 e. The Bertz CT molecular complexity index is 141. The van der Waals surface area contributed by atoms with Gasteiger partial charge in [-0.05, 0) is 25.5 Å². The van der Waals surface area contributed by atoms with Gasteiger partial charge in [0, 0.05) is 19.1 Å². The van der Waals surface area contributed by atoms with Gasteiger partial charge in [0.1, 0.15) is 0 Å². The minimum Gasteiger partial charge on any atom is -0.327 e. The van der Waals surface area contributed by atoms with Crippen LogP contribution in [0.1, 0.15) is 20.8 Å². The zero-order chi connectivity index (χ0) is 9.72. The number of hydrogen-bond acceptors (Lipinski definition) is 2. The van der Waals surface area contributed by atoms with Gasteiger partial charge in [-0.1, -0.05) is 20.4 Å². The number of nitrogens with zero attached hydrogens (tertiary/aromatic N) is 1. The Hall–Kier alpha value is -0.340. The molecule has 1 unspecified atom stereocenters. The maximum atomic E-state index is 5.47. The molecule has 0 radical (unpaired) electrons. The lowest BCUT2D eigenvalue weighted by atomic mass is 10.0. The second-order valence-corrected chi connectivity index (χ2v) is 3.85. The van der Waals surface area contributed by atoms with E-state index in [1.807, 2.05) is 0 Å². The van der Waals surface area contributed by atoms with Crippen LogP contribution < -0.4 is 5.73 Å². The molecule has 2 nitrogen and oxygen atoms in total. The van der Waals surface area contributed by atoms with E-state index in [0.29, 0.717) is 18.5 Å². The molecule has 72 valence electrons. The molecule has 2 heteroatoms. The molecule has 0 aromatic rings. The van der Waals surface area contributed by atoms with E-state index in [2.05, 4.69) is 39.3 Å². The summed E-state index contributed by atoms with van der Waals surface area (Å²) in [5, 5.41) is 0. The second kappa shape index (κ2) is 5.33. The fourth-order valence-electron chi connectivity index (χ4n) is 1.07. The highest BCUT2D eigenvalue weighted by Gasteiger charge is 2.12. The van der Waals surface area contributed by atoms with Crippen LogP contribution in [0.25, 0.3) is 0 Å². The molecule has 1 atom stereocenters. The van der Waals surface area contributed by atoms with Crippen LogP contribution >= 0.6 is 0 Å². The number of rotatable bonds is 5. The Morgan fingerprint density at radius 2 is 1.92 bits per heavy atom. The van der Waals surface area contributed by atoms with Crippen LogP contribution in [0.15, 0.2) is 12.2 Å². The second-order valence-electron chi connectivity index (χ2n) is 3.85. The Morgan fingerprint density at radius 1 is 1.42 bits per heavy atom. The standard InChI is InChI=1S/C10H22N2/c1-8(2)10(4)12(5)7-9(3)6-11/h8,10H,3,6-7,11H2,1-2,4-5H3. The largest absolute Gasteiger partial charge is 0.327 e. The van der Waals surface area contributed by atoms with Crippen LogP contribution in [0, 0.1) is 5.92 Å². The molecule has 0 aliphatic rings. The summed E-state index contributed by atoms with van der Waals surface area (Å²) in [5.74, 6) is 0.681. The first-order chi connectivity index (χ1) is 5.49. The molecule has 0 heterocycles. The summed E-state index contributed by atoms with van der Waals surface area (Å²) in [5.41, 5.74) is 6.57. The third-order valence-electron chi connectivity index (χ3n) is 2.42. The molecule has 12 heavy (non-hydrogen) atoms. The molecule has 2 N–H and O–H groups in total. The molecule has 0 saturated carbocycles. The van der Waals surface area contributed by atoms with Crippen LogP contribution in [-0.2, 0) is 0 Å². The number of likely N-dealkylation sites (N-methyl/N-ethyl adjacent to an activating group) is 1. The lowest BCUT2D eigenvalue weighted by Gasteiger charge is -2.28. The molecule has 0 aliphatic carbocycles.